The topological polar surface area (TPSA) is 69.0 Å². The van der Waals surface area contributed by atoms with Gasteiger partial charge in [0.15, 0.2) is 0 Å². The van der Waals surface area contributed by atoms with Gasteiger partial charge in [0.2, 0.25) is 0 Å². The SMILES string of the molecule is COCCn1c(-c2nc(C(=O)Nc3cccc4cccnc34)cs2)cc2ccccc21. The first-order valence-electron chi connectivity index (χ1n) is 9.93. The van der Waals surface area contributed by atoms with Crippen LogP contribution < -0.4 is 5.32 Å². The molecule has 6 nitrogen and oxygen atoms in total. The van der Waals surface area contributed by atoms with Crippen molar-refractivity contribution in [2.45, 2.75) is 6.54 Å². The van der Waals surface area contributed by atoms with E-state index in [1.807, 2.05) is 42.5 Å². The summed E-state index contributed by atoms with van der Waals surface area (Å²) < 4.78 is 7.48. The third kappa shape index (κ3) is 3.69. The normalized spacial score (nSPS) is 11.3. The smallest absolute Gasteiger partial charge is 0.275 e. The van der Waals surface area contributed by atoms with Gasteiger partial charge in [-0.2, -0.15) is 0 Å². The van der Waals surface area contributed by atoms with Gasteiger partial charge in [-0.1, -0.05) is 36.4 Å². The average Bonchev–Trinajstić information content (AvgIpc) is 3.43. The lowest BCUT2D eigenvalue weighted by Crippen LogP contribution is -2.13. The largest absolute Gasteiger partial charge is 0.383 e. The van der Waals surface area contributed by atoms with Crippen molar-refractivity contribution < 1.29 is 9.53 Å². The molecule has 5 aromatic rings. The number of amides is 1. The van der Waals surface area contributed by atoms with E-state index in [0.717, 1.165) is 32.5 Å². The van der Waals surface area contributed by atoms with Crippen molar-refractivity contribution in [1.29, 1.82) is 0 Å². The number of hydrogen-bond acceptors (Lipinski definition) is 5. The highest BCUT2D eigenvalue weighted by atomic mass is 32.1. The van der Waals surface area contributed by atoms with E-state index >= 15 is 0 Å². The standard InChI is InChI=1S/C24H20N4O2S/c1-30-13-12-28-20-10-3-2-6-17(20)14-21(28)24-27-19(15-31-24)23(29)26-18-9-4-7-16-8-5-11-25-22(16)18/h2-11,14-15H,12-13H2,1H3,(H,26,29). The molecular formula is C24H20N4O2S. The van der Waals surface area contributed by atoms with E-state index < -0.39 is 0 Å². The monoisotopic (exact) mass is 428 g/mol. The van der Waals surface area contributed by atoms with Crippen molar-refractivity contribution in [3.05, 3.63) is 77.9 Å². The number of thiazole rings is 1. The predicted molar refractivity (Wildman–Crippen MR) is 125 cm³/mol. The summed E-state index contributed by atoms with van der Waals surface area (Å²) in [5.74, 6) is -0.250. The van der Waals surface area contributed by atoms with Gasteiger partial charge in [-0.3, -0.25) is 9.78 Å². The van der Waals surface area contributed by atoms with Crippen LogP contribution in [0.2, 0.25) is 0 Å². The summed E-state index contributed by atoms with van der Waals surface area (Å²) in [6.45, 7) is 1.31. The number of aromatic nitrogens is 3. The van der Waals surface area contributed by atoms with Gasteiger partial charge in [0, 0.05) is 41.5 Å². The number of carbonyl (C=O) groups is 1. The van der Waals surface area contributed by atoms with Crippen LogP contribution in [0.25, 0.3) is 32.5 Å². The Labute approximate surface area is 183 Å². The summed E-state index contributed by atoms with van der Waals surface area (Å²) in [7, 11) is 1.69. The Hall–Kier alpha value is -3.55. The van der Waals surface area contributed by atoms with E-state index in [9.17, 15) is 4.79 Å². The van der Waals surface area contributed by atoms with Crippen LogP contribution in [0.3, 0.4) is 0 Å². The number of para-hydroxylation sites is 2. The van der Waals surface area contributed by atoms with Crippen molar-refractivity contribution in [2.75, 3.05) is 19.0 Å². The zero-order valence-corrected chi connectivity index (χ0v) is 17.7. The van der Waals surface area contributed by atoms with Crippen LogP contribution in [-0.2, 0) is 11.3 Å². The Bertz CT molecular complexity index is 1380. The molecule has 7 heteroatoms. The van der Waals surface area contributed by atoms with E-state index in [4.69, 9.17) is 4.74 Å². The minimum Gasteiger partial charge on any atom is -0.383 e. The molecule has 3 aromatic heterocycles. The number of ether oxygens (including phenoxy) is 1. The molecule has 0 bridgehead atoms. The van der Waals surface area contributed by atoms with Crippen LogP contribution in [0, 0.1) is 0 Å². The Morgan fingerprint density at radius 1 is 1.10 bits per heavy atom. The number of rotatable bonds is 6. The minimum absolute atomic E-state index is 0.250. The van der Waals surface area contributed by atoms with Crippen molar-refractivity contribution in [3.63, 3.8) is 0 Å². The third-order valence-electron chi connectivity index (χ3n) is 5.17. The quantitative estimate of drug-likeness (QED) is 0.403. The Kier molecular flexibility index (Phi) is 5.19. The molecule has 3 heterocycles. The lowest BCUT2D eigenvalue weighted by atomic mass is 10.2. The number of benzene rings is 2. The van der Waals surface area contributed by atoms with Crippen LogP contribution in [-0.4, -0.2) is 34.2 Å². The van der Waals surface area contributed by atoms with Crippen LogP contribution >= 0.6 is 11.3 Å². The van der Waals surface area contributed by atoms with E-state index in [-0.39, 0.29) is 5.91 Å². The molecule has 0 aliphatic heterocycles. The third-order valence-corrected chi connectivity index (χ3v) is 6.03. The van der Waals surface area contributed by atoms with Gasteiger partial charge in [-0.15, -0.1) is 11.3 Å². The van der Waals surface area contributed by atoms with Gasteiger partial charge in [-0.05, 0) is 24.3 Å². The molecule has 0 aliphatic rings. The number of methoxy groups -OCH3 is 1. The highest BCUT2D eigenvalue weighted by Crippen LogP contribution is 2.31. The fourth-order valence-electron chi connectivity index (χ4n) is 3.70. The number of nitrogens with zero attached hydrogens (tertiary/aromatic N) is 3. The molecule has 0 radical (unpaired) electrons. The van der Waals surface area contributed by atoms with Crippen LogP contribution in [0.1, 0.15) is 10.5 Å². The zero-order chi connectivity index (χ0) is 21.2. The first-order chi connectivity index (χ1) is 15.2. The highest BCUT2D eigenvalue weighted by Gasteiger charge is 2.17. The van der Waals surface area contributed by atoms with Gasteiger partial charge < -0.3 is 14.6 Å². The highest BCUT2D eigenvalue weighted by molar-refractivity contribution is 7.13. The molecule has 0 fully saturated rings. The molecule has 1 amide bonds. The minimum atomic E-state index is -0.250. The number of carbonyl (C=O) groups excluding carboxylic acids is 1. The van der Waals surface area contributed by atoms with E-state index in [1.54, 1.807) is 18.7 Å². The maximum atomic E-state index is 12.9. The number of anilines is 1. The maximum absolute atomic E-state index is 12.9. The number of hydrogen-bond donors (Lipinski definition) is 1. The first kappa shape index (κ1) is 19.4. The molecule has 1 N–H and O–H groups in total. The summed E-state index contributed by atoms with van der Waals surface area (Å²) >= 11 is 1.46. The summed E-state index contributed by atoms with van der Waals surface area (Å²) in [5, 5.41) is 7.66. The van der Waals surface area contributed by atoms with Crippen molar-refractivity contribution >= 4 is 44.7 Å². The second-order valence-corrected chi connectivity index (χ2v) is 7.96. The van der Waals surface area contributed by atoms with E-state index in [2.05, 4.69) is 38.1 Å². The molecule has 0 atom stereocenters. The maximum Gasteiger partial charge on any atom is 0.275 e. The molecule has 0 spiro atoms. The molecule has 0 saturated heterocycles. The molecule has 0 saturated carbocycles. The van der Waals surface area contributed by atoms with E-state index in [1.165, 1.54) is 11.3 Å². The Morgan fingerprint density at radius 3 is 2.84 bits per heavy atom. The van der Waals surface area contributed by atoms with E-state index in [0.29, 0.717) is 24.5 Å². The Balaban J connectivity index is 1.47. The fourth-order valence-corrected chi connectivity index (χ4v) is 4.52. The van der Waals surface area contributed by atoms with Gasteiger partial charge in [-0.25, -0.2) is 4.98 Å². The molecule has 0 unspecified atom stereocenters. The molecule has 154 valence electrons. The van der Waals surface area contributed by atoms with Gasteiger partial charge >= 0.3 is 0 Å². The lowest BCUT2D eigenvalue weighted by Gasteiger charge is -2.08. The number of fused-ring (bicyclic) bond motifs is 2. The van der Waals surface area contributed by atoms with Gasteiger partial charge in [0.25, 0.3) is 5.91 Å². The summed E-state index contributed by atoms with van der Waals surface area (Å²) in [6.07, 6.45) is 1.72. The average molecular weight is 429 g/mol. The zero-order valence-electron chi connectivity index (χ0n) is 16.9. The van der Waals surface area contributed by atoms with Gasteiger partial charge in [0.05, 0.1) is 23.5 Å². The molecular weight excluding hydrogens is 408 g/mol. The second-order valence-electron chi connectivity index (χ2n) is 7.11. The Morgan fingerprint density at radius 2 is 1.94 bits per heavy atom. The van der Waals surface area contributed by atoms with Crippen LogP contribution in [0.15, 0.2) is 72.2 Å². The summed E-state index contributed by atoms with van der Waals surface area (Å²) in [4.78, 5) is 22.0. The van der Waals surface area contributed by atoms with Gasteiger partial charge in [0.1, 0.15) is 10.7 Å². The summed E-state index contributed by atoms with van der Waals surface area (Å²) in [5.41, 5.74) is 3.92. The molecule has 31 heavy (non-hydrogen) atoms. The van der Waals surface area contributed by atoms with Crippen molar-refractivity contribution in [3.8, 4) is 10.7 Å². The fraction of sp³-hybridized carbons (Fsp3) is 0.125. The van der Waals surface area contributed by atoms with Crippen LogP contribution in [0.5, 0.6) is 0 Å². The molecule has 2 aromatic carbocycles. The first-order valence-corrected chi connectivity index (χ1v) is 10.8. The van der Waals surface area contributed by atoms with Crippen molar-refractivity contribution in [1.82, 2.24) is 14.5 Å². The van der Waals surface area contributed by atoms with Crippen molar-refractivity contribution in [2.24, 2.45) is 0 Å². The predicted octanol–water partition coefficient (Wildman–Crippen LogP) is 5.21. The number of pyridine rings is 1. The molecule has 0 aliphatic carbocycles. The molecule has 5 rings (SSSR count). The second kappa shape index (κ2) is 8.29. The summed E-state index contributed by atoms with van der Waals surface area (Å²) in [6, 6.07) is 19.9. The lowest BCUT2D eigenvalue weighted by molar-refractivity contribution is 0.102. The van der Waals surface area contributed by atoms with Crippen LogP contribution in [0.4, 0.5) is 5.69 Å². The number of nitrogens with one attached hydrogen (secondary N) is 1.